The first kappa shape index (κ1) is 14.4. The summed E-state index contributed by atoms with van der Waals surface area (Å²) >= 11 is 0. The minimum absolute atomic E-state index is 0.365. The van der Waals surface area contributed by atoms with Gasteiger partial charge in [0.05, 0.1) is 13.2 Å². The van der Waals surface area contributed by atoms with Crippen molar-refractivity contribution in [3.63, 3.8) is 0 Å². The summed E-state index contributed by atoms with van der Waals surface area (Å²) in [7, 11) is 0. The van der Waals surface area contributed by atoms with Gasteiger partial charge in [-0.05, 0) is 13.3 Å². The molecule has 0 aromatic carbocycles. The molecule has 0 rings (SSSR count). The summed E-state index contributed by atoms with van der Waals surface area (Å²) in [6, 6.07) is 0. The molecule has 0 aliphatic heterocycles. The third kappa shape index (κ3) is 16.4. The number of aliphatic hydroxyl groups is 3. The van der Waals surface area contributed by atoms with Crippen LogP contribution in [0.25, 0.3) is 0 Å². The number of hydrogen-bond acceptors (Lipinski definition) is 4. The summed E-state index contributed by atoms with van der Waals surface area (Å²) in [5.74, 6) is 0. The average molecular weight is 180 g/mol. The zero-order valence-corrected chi connectivity index (χ0v) is 7.86. The standard InChI is InChI=1S/C5H12O.C3H8O3/c1-3-5-6-4-2;4-1-3(6)2-5/h3-5H2,1-2H3;3-6H,1-2H2. The van der Waals surface area contributed by atoms with Crippen molar-refractivity contribution in [1.82, 2.24) is 0 Å². The summed E-state index contributed by atoms with van der Waals surface area (Å²) in [6.45, 7) is 5.16. The second-order valence-electron chi connectivity index (χ2n) is 2.22. The average Bonchev–Trinajstić information content (AvgIpc) is 2.14. The van der Waals surface area contributed by atoms with E-state index in [9.17, 15) is 0 Å². The first-order chi connectivity index (χ1) is 5.72. The van der Waals surface area contributed by atoms with Crippen LogP contribution in [-0.4, -0.2) is 47.9 Å². The number of rotatable bonds is 5. The van der Waals surface area contributed by atoms with Crippen molar-refractivity contribution < 1.29 is 20.1 Å². The van der Waals surface area contributed by atoms with E-state index in [1.54, 1.807) is 0 Å². The summed E-state index contributed by atoms with van der Waals surface area (Å²) < 4.78 is 4.98. The van der Waals surface area contributed by atoms with Gasteiger partial charge in [0.2, 0.25) is 0 Å². The van der Waals surface area contributed by atoms with Gasteiger partial charge in [-0.1, -0.05) is 6.92 Å². The molecule has 0 saturated carbocycles. The maximum Gasteiger partial charge on any atom is 0.100 e. The van der Waals surface area contributed by atoms with Crippen LogP contribution >= 0.6 is 0 Å². The zero-order chi connectivity index (χ0) is 9.82. The monoisotopic (exact) mass is 180 g/mol. The normalized spacial score (nSPS) is 9.50. The minimum atomic E-state index is -0.954. The second kappa shape index (κ2) is 13.4. The molecule has 0 saturated heterocycles. The SMILES string of the molecule is CCCOCC.OCC(O)CO. The van der Waals surface area contributed by atoms with Crippen LogP contribution in [0, 0.1) is 0 Å². The van der Waals surface area contributed by atoms with E-state index in [2.05, 4.69) is 6.92 Å². The third-order valence-corrected chi connectivity index (χ3v) is 0.974. The highest BCUT2D eigenvalue weighted by molar-refractivity contribution is 4.43. The molecule has 0 aliphatic rings. The van der Waals surface area contributed by atoms with Crippen LogP contribution in [0.1, 0.15) is 20.3 Å². The Morgan fingerprint density at radius 2 is 1.67 bits per heavy atom. The molecule has 0 fully saturated rings. The fourth-order valence-corrected chi connectivity index (χ4v) is 0.346. The van der Waals surface area contributed by atoms with Gasteiger partial charge in [-0.15, -0.1) is 0 Å². The molecule has 0 unspecified atom stereocenters. The molecule has 0 radical (unpaired) electrons. The van der Waals surface area contributed by atoms with Gasteiger partial charge in [0, 0.05) is 13.2 Å². The highest BCUT2D eigenvalue weighted by Crippen LogP contribution is 1.75. The Bertz CT molecular complexity index is 60.1. The van der Waals surface area contributed by atoms with Crippen molar-refractivity contribution in [3.05, 3.63) is 0 Å². The highest BCUT2D eigenvalue weighted by atomic mass is 16.5. The molecule has 0 heterocycles. The van der Waals surface area contributed by atoms with Crippen molar-refractivity contribution >= 4 is 0 Å². The van der Waals surface area contributed by atoms with Gasteiger partial charge in [-0.3, -0.25) is 0 Å². The fraction of sp³-hybridized carbons (Fsp3) is 1.00. The lowest BCUT2D eigenvalue weighted by molar-refractivity contribution is 0.0450. The van der Waals surface area contributed by atoms with Gasteiger partial charge in [0.1, 0.15) is 6.10 Å². The van der Waals surface area contributed by atoms with Crippen LogP contribution in [0.5, 0.6) is 0 Å². The molecule has 0 aromatic heterocycles. The van der Waals surface area contributed by atoms with E-state index in [-0.39, 0.29) is 13.2 Å². The molecule has 0 bridgehead atoms. The van der Waals surface area contributed by atoms with E-state index >= 15 is 0 Å². The molecule has 12 heavy (non-hydrogen) atoms. The van der Waals surface area contributed by atoms with Gasteiger partial charge in [-0.25, -0.2) is 0 Å². The van der Waals surface area contributed by atoms with Crippen LogP contribution in [-0.2, 0) is 4.74 Å². The number of ether oxygens (including phenoxy) is 1. The highest BCUT2D eigenvalue weighted by Gasteiger charge is 1.93. The fourth-order valence-electron chi connectivity index (χ4n) is 0.346. The molecular formula is C8H20O4. The maximum atomic E-state index is 8.17. The summed E-state index contributed by atoms with van der Waals surface area (Å²) in [5.41, 5.74) is 0. The molecule has 76 valence electrons. The van der Waals surface area contributed by atoms with E-state index in [4.69, 9.17) is 20.1 Å². The van der Waals surface area contributed by atoms with E-state index in [1.165, 1.54) is 0 Å². The third-order valence-electron chi connectivity index (χ3n) is 0.974. The van der Waals surface area contributed by atoms with E-state index in [1.807, 2.05) is 6.92 Å². The predicted octanol–water partition coefficient (Wildman–Crippen LogP) is -0.235. The first-order valence-corrected chi connectivity index (χ1v) is 4.20. The van der Waals surface area contributed by atoms with Crippen molar-refractivity contribution in [2.75, 3.05) is 26.4 Å². The molecule has 0 atom stereocenters. The Balaban J connectivity index is 0. The Kier molecular flexibility index (Phi) is 16.1. The Labute approximate surface area is 73.8 Å². The molecule has 4 nitrogen and oxygen atoms in total. The summed E-state index contributed by atoms with van der Waals surface area (Å²) in [6.07, 6.45) is 0.179. The maximum absolute atomic E-state index is 8.17. The van der Waals surface area contributed by atoms with Crippen molar-refractivity contribution in [1.29, 1.82) is 0 Å². The van der Waals surface area contributed by atoms with E-state index in [0.717, 1.165) is 19.6 Å². The minimum Gasteiger partial charge on any atom is -0.394 e. The summed E-state index contributed by atoms with van der Waals surface area (Å²) in [5, 5.41) is 24.0. The van der Waals surface area contributed by atoms with Crippen LogP contribution in [0.2, 0.25) is 0 Å². The van der Waals surface area contributed by atoms with Crippen molar-refractivity contribution in [2.45, 2.75) is 26.4 Å². The Morgan fingerprint density at radius 1 is 1.17 bits per heavy atom. The molecule has 3 N–H and O–H groups in total. The molecule has 0 spiro atoms. The van der Waals surface area contributed by atoms with Gasteiger partial charge >= 0.3 is 0 Å². The molecular weight excluding hydrogens is 160 g/mol. The van der Waals surface area contributed by atoms with Crippen molar-refractivity contribution in [3.8, 4) is 0 Å². The Hall–Kier alpha value is -0.160. The lowest BCUT2D eigenvalue weighted by atomic mass is 10.4. The smallest absolute Gasteiger partial charge is 0.100 e. The lowest BCUT2D eigenvalue weighted by Crippen LogP contribution is -2.15. The lowest BCUT2D eigenvalue weighted by Gasteiger charge is -1.96. The first-order valence-electron chi connectivity index (χ1n) is 4.20. The number of hydrogen-bond donors (Lipinski definition) is 3. The van der Waals surface area contributed by atoms with Crippen LogP contribution < -0.4 is 0 Å². The van der Waals surface area contributed by atoms with Gasteiger partial charge in [0.25, 0.3) is 0 Å². The topological polar surface area (TPSA) is 69.9 Å². The number of aliphatic hydroxyl groups excluding tert-OH is 3. The molecule has 0 aromatic rings. The van der Waals surface area contributed by atoms with Crippen LogP contribution in [0.15, 0.2) is 0 Å². The Morgan fingerprint density at radius 3 is 1.75 bits per heavy atom. The molecule has 0 amide bonds. The summed E-state index contributed by atoms with van der Waals surface area (Å²) in [4.78, 5) is 0. The van der Waals surface area contributed by atoms with Crippen LogP contribution in [0.3, 0.4) is 0 Å². The zero-order valence-electron chi connectivity index (χ0n) is 7.86. The predicted molar refractivity (Wildman–Crippen MR) is 47.0 cm³/mol. The van der Waals surface area contributed by atoms with E-state index < -0.39 is 6.10 Å². The van der Waals surface area contributed by atoms with Gasteiger partial charge in [-0.2, -0.15) is 0 Å². The van der Waals surface area contributed by atoms with Gasteiger partial charge < -0.3 is 20.1 Å². The van der Waals surface area contributed by atoms with Crippen LogP contribution in [0.4, 0.5) is 0 Å². The second-order valence-corrected chi connectivity index (χ2v) is 2.22. The van der Waals surface area contributed by atoms with E-state index in [0.29, 0.717) is 0 Å². The largest absolute Gasteiger partial charge is 0.394 e. The molecule has 4 heteroatoms. The molecule has 0 aliphatic carbocycles. The quantitative estimate of drug-likeness (QED) is 0.511. The van der Waals surface area contributed by atoms with Gasteiger partial charge in [0.15, 0.2) is 0 Å². The van der Waals surface area contributed by atoms with Crippen molar-refractivity contribution in [2.24, 2.45) is 0 Å².